The Kier molecular flexibility index (Phi) is 6.40. The van der Waals surface area contributed by atoms with E-state index in [1.54, 1.807) is 0 Å². The monoisotopic (exact) mass is 451 g/mol. The molecule has 0 spiro atoms. The van der Waals surface area contributed by atoms with E-state index < -0.39 is 27.0 Å². The number of urea groups is 1. The Hall–Kier alpha value is -2.88. The second-order valence-electron chi connectivity index (χ2n) is 8.13. The van der Waals surface area contributed by atoms with E-state index in [0.29, 0.717) is 53.1 Å². The first-order valence-corrected chi connectivity index (χ1v) is 11.5. The molecular weight excluding hydrogens is 425 g/mol. The van der Waals surface area contributed by atoms with E-state index >= 15 is 0 Å². The average molecular weight is 452 g/mol. The second kappa shape index (κ2) is 8.70. The molecule has 0 saturated heterocycles. The summed E-state index contributed by atoms with van der Waals surface area (Å²) in [7, 11) is -4.32. The highest BCUT2D eigenvalue weighted by Crippen LogP contribution is 2.34. The number of fused-ring (bicyclic) bond motifs is 1. The predicted molar refractivity (Wildman–Crippen MR) is 114 cm³/mol. The molecule has 0 fully saturated rings. The molecule has 3 N–H and O–H groups in total. The molecule has 1 aliphatic carbocycles. The second-order valence-corrected chi connectivity index (χ2v) is 9.74. The molecule has 2 aromatic rings. The number of halogens is 1. The van der Waals surface area contributed by atoms with Crippen molar-refractivity contribution >= 4 is 27.5 Å². The maximum absolute atomic E-state index is 14.1. The fourth-order valence-corrected chi connectivity index (χ4v) is 4.52. The van der Waals surface area contributed by atoms with Crippen LogP contribution in [0.1, 0.15) is 74.8 Å². The Morgan fingerprint density at radius 2 is 1.74 bits per heavy atom. The van der Waals surface area contributed by atoms with Crippen LogP contribution in [0.4, 0.5) is 14.9 Å². The van der Waals surface area contributed by atoms with Gasteiger partial charge in [0.2, 0.25) is 5.09 Å². The first-order chi connectivity index (χ1) is 14.5. The van der Waals surface area contributed by atoms with Crippen molar-refractivity contribution in [3.05, 3.63) is 46.5 Å². The summed E-state index contributed by atoms with van der Waals surface area (Å²) in [5.41, 5.74) is 2.26. The molecule has 0 atom stereocenters. The first kappa shape index (κ1) is 22.8. The molecule has 0 unspecified atom stereocenters. The lowest BCUT2D eigenvalue weighted by Gasteiger charge is -2.20. The van der Waals surface area contributed by atoms with Gasteiger partial charge in [-0.3, -0.25) is 0 Å². The number of anilines is 1. The third-order valence-corrected chi connectivity index (χ3v) is 6.36. The highest BCUT2D eigenvalue weighted by atomic mass is 32.2. The van der Waals surface area contributed by atoms with Gasteiger partial charge in [0.25, 0.3) is 10.0 Å². The quantitative estimate of drug-likeness (QED) is 0.450. The Bertz CT molecular complexity index is 1110. The van der Waals surface area contributed by atoms with E-state index in [1.807, 2.05) is 32.4 Å². The van der Waals surface area contributed by atoms with Gasteiger partial charge in [0, 0.05) is 23.7 Å². The number of carbonyl (C=O) groups is 1. The number of furan rings is 1. The lowest BCUT2D eigenvalue weighted by atomic mass is 9.92. The molecule has 0 aliphatic heterocycles. The largest absolute Gasteiger partial charge is 0.447 e. The van der Waals surface area contributed by atoms with Crippen molar-refractivity contribution < 1.29 is 27.2 Å². The highest BCUT2D eigenvalue weighted by molar-refractivity contribution is 7.89. The van der Waals surface area contributed by atoms with Gasteiger partial charge in [-0.1, -0.05) is 32.9 Å². The van der Waals surface area contributed by atoms with E-state index in [4.69, 9.17) is 9.62 Å². The number of sulfonamides is 1. The summed E-state index contributed by atoms with van der Waals surface area (Å²) >= 11 is 0. The highest BCUT2D eigenvalue weighted by Gasteiger charge is 2.29. The van der Waals surface area contributed by atoms with E-state index in [2.05, 4.69) is 10.5 Å². The maximum Gasteiger partial charge on any atom is 0.333 e. The number of rotatable bonds is 5. The minimum atomic E-state index is -4.32. The fourth-order valence-electron chi connectivity index (χ4n) is 3.64. The van der Waals surface area contributed by atoms with Gasteiger partial charge in [0.15, 0.2) is 0 Å². The molecule has 1 aliphatic rings. The molecule has 2 amide bonds. The van der Waals surface area contributed by atoms with Crippen LogP contribution in [0.2, 0.25) is 0 Å². The summed E-state index contributed by atoms with van der Waals surface area (Å²) in [5.74, 6) is -0.239. The van der Waals surface area contributed by atoms with Crippen molar-refractivity contribution in [3.8, 4) is 0 Å². The first-order valence-electron chi connectivity index (χ1n) is 10.0. The van der Waals surface area contributed by atoms with E-state index in [1.165, 1.54) is 18.2 Å². The molecule has 0 bridgehead atoms. The standard InChI is InChI=1S/C21H26FN3O5S/c1-11(2)14-8-13(22)9-15(12(3)4)20(14)23-21(26)25-31(28,29)19-10-16-17(24-27)6-5-7-18(16)30-19/h8-12,27H,5-7H2,1-4H3,(H2,23,25,26)/b24-17-. The van der Waals surface area contributed by atoms with Crippen LogP contribution in [0.3, 0.4) is 0 Å². The van der Waals surface area contributed by atoms with Gasteiger partial charge in [-0.15, -0.1) is 0 Å². The molecule has 8 nitrogen and oxygen atoms in total. The molecule has 31 heavy (non-hydrogen) atoms. The molecule has 1 aromatic heterocycles. The van der Waals surface area contributed by atoms with Crippen molar-refractivity contribution in [2.24, 2.45) is 5.16 Å². The molecular formula is C21H26FN3O5S. The van der Waals surface area contributed by atoms with E-state index in [9.17, 15) is 17.6 Å². The van der Waals surface area contributed by atoms with Crippen LogP contribution in [0, 0.1) is 5.82 Å². The van der Waals surface area contributed by atoms with Gasteiger partial charge in [-0.25, -0.2) is 13.9 Å². The predicted octanol–water partition coefficient (Wildman–Crippen LogP) is 4.69. The van der Waals surface area contributed by atoms with Crippen molar-refractivity contribution in [2.75, 3.05) is 5.32 Å². The number of benzene rings is 1. The summed E-state index contributed by atoms with van der Waals surface area (Å²) in [6, 6.07) is 2.92. The van der Waals surface area contributed by atoms with Crippen LogP contribution >= 0.6 is 0 Å². The van der Waals surface area contributed by atoms with Crippen LogP contribution < -0.4 is 10.0 Å². The van der Waals surface area contributed by atoms with Gasteiger partial charge in [-0.05, 0) is 47.9 Å². The number of nitrogens with zero attached hydrogens (tertiary/aromatic N) is 1. The minimum Gasteiger partial charge on any atom is -0.447 e. The molecule has 1 aromatic carbocycles. The molecule has 168 valence electrons. The van der Waals surface area contributed by atoms with Crippen molar-refractivity contribution in [1.29, 1.82) is 0 Å². The Balaban J connectivity index is 1.89. The Morgan fingerprint density at radius 1 is 1.13 bits per heavy atom. The van der Waals surface area contributed by atoms with Gasteiger partial charge in [-0.2, -0.15) is 8.42 Å². The fraction of sp³-hybridized carbons (Fsp3) is 0.429. The minimum absolute atomic E-state index is 0.104. The lowest BCUT2D eigenvalue weighted by molar-refractivity contribution is 0.256. The number of hydrogen-bond acceptors (Lipinski definition) is 6. The summed E-state index contributed by atoms with van der Waals surface area (Å²) in [6.45, 7) is 7.41. The van der Waals surface area contributed by atoms with Crippen LogP contribution in [0.15, 0.2) is 32.9 Å². The number of aryl methyl sites for hydroxylation is 1. The zero-order chi connectivity index (χ0) is 22.9. The zero-order valence-corrected chi connectivity index (χ0v) is 18.6. The SMILES string of the molecule is CC(C)c1cc(F)cc(C(C)C)c1NC(=O)NS(=O)(=O)c1cc2c(o1)CCC/C2=N/O. The van der Waals surface area contributed by atoms with Crippen molar-refractivity contribution in [3.63, 3.8) is 0 Å². The summed E-state index contributed by atoms with van der Waals surface area (Å²) < 4.78 is 46.8. The van der Waals surface area contributed by atoms with Crippen molar-refractivity contribution in [2.45, 2.75) is 63.9 Å². The van der Waals surface area contributed by atoms with Gasteiger partial charge >= 0.3 is 6.03 Å². The molecule has 1 heterocycles. The number of hydrogen-bond donors (Lipinski definition) is 3. The Labute approximate surface area is 180 Å². The normalized spacial score (nSPS) is 15.4. The topological polar surface area (TPSA) is 121 Å². The van der Waals surface area contributed by atoms with Crippen LogP contribution in [-0.4, -0.2) is 25.4 Å². The van der Waals surface area contributed by atoms with Crippen LogP contribution in [0.5, 0.6) is 0 Å². The average Bonchev–Trinajstić information content (AvgIpc) is 3.13. The third kappa shape index (κ3) is 4.73. The summed E-state index contributed by atoms with van der Waals surface area (Å²) in [4.78, 5) is 12.6. The van der Waals surface area contributed by atoms with Crippen LogP contribution in [0.25, 0.3) is 0 Å². The molecule has 0 saturated carbocycles. The number of oxime groups is 1. The summed E-state index contributed by atoms with van der Waals surface area (Å²) in [6.07, 6.45) is 1.66. The molecule has 3 rings (SSSR count). The van der Waals surface area contributed by atoms with Gasteiger partial charge in [0.1, 0.15) is 11.6 Å². The lowest BCUT2D eigenvalue weighted by Crippen LogP contribution is -2.35. The number of amides is 2. The van der Waals surface area contributed by atoms with Crippen molar-refractivity contribution in [1.82, 2.24) is 4.72 Å². The number of carbonyl (C=O) groups excluding carboxylic acids is 1. The van der Waals surface area contributed by atoms with Crippen LogP contribution in [-0.2, 0) is 16.4 Å². The maximum atomic E-state index is 14.1. The smallest absolute Gasteiger partial charge is 0.333 e. The van der Waals surface area contributed by atoms with E-state index in [-0.39, 0.29) is 11.8 Å². The van der Waals surface area contributed by atoms with Gasteiger partial charge < -0.3 is 14.9 Å². The number of nitrogens with one attached hydrogen (secondary N) is 2. The molecule has 10 heteroatoms. The van der Waals surface area contributed by atoms with E-state index in [0.717, 1.165) is 0 Å². The summed E-state index contributed by atoms with van der Waals surface area (Å²) in [5, 5.41) is 14.4. The van der Waals surface area contributed by atoms with Gasteiger partial charge in [0.05, 0.1) is 5.71 Å². The third-order valence-electron chi connectivity index (χ3n) is 5.17. The molecule has 0 radical (unpaired) electrons. The zero-order valence-electron chi connectivity index (χ0n) is 17.8. The Morgan fingerprint density at radius 3 is 2.29 bits per heavy atom.